The van der Waals surface area contributed by atoms with Crippen molar-refractivity contribution >= 4 is 10.2 Å². The van der Waals surface area contributed by atoms with Crippen molar-refractivity contribution < 1.29 is 8.42 Å². The Morgan fingerprint density at radius 3 is 2.74 bits per heavy atom. The molecule has 0 aromatic carbocycles. The van der Waals surface area contributed by atoms with Crippen LogP contribution in [0.3, 0.4) is 0 Å². The molecule has 1 aliphatic heterocycles. The Balaban J connectivity index is 1.97. The lowest BCUT2D eigenvalue weighted by atomic mass is 10.1. The first-order valence-corrected chi connectivity index (χ1v) is 8.80. The summed E-state index contributed by atoms with van der Waals surface area (Å²) in [7, 11) is 1.50. The highest BCUT2D eigenvalue weighted by molar-refractivity contribution is 7.86. The Labute approximate surface area is 136 Å². The van der Waals surface area contributed by atoms with Gasteiger partial charge in [0.05, 0.1) is 24.1 Å². The lowest BCUT2D eigenvalue weighted by Gasteiger charge is -2.26. The molecule has 0 aliphatic carbocycles. The number of nitrogens with zero attached hydrogens (tertiary/aromatic N) is 6. The van der Waals surface area contributed by atoms with E-state index in [-0.39, 0.29) is 6.04 Å². The minimum Gasteiger partial charge on any atom is -0.333 e. The molecule has 0 spiro atoms. The predicted octanol–water partition coefficient (Wildman–Crippen LogP) is 0.820. The summed E-state index contributed by atoms with van der Waals surface area (Å²) < 4.78 is 29.5. The summed E-state index contributed by atoms with van der Waals surface area (Å²) in [5, 5.41) is 0. The van der Waals surface area contributed by atoms with Crippen molar-refractivity contribution in [1.82, 2.24) is 28.1 Å². The normalized spacial score (nSPS) is 19.6. The molecule has 1 saturated heterocycles. The maximum absolute atomic E-state index is 12.5. The molecule has 8 nitrogen and oxygen atoms in total. The largest absolute Gasteiger partial charge is 0.333 e. The molecule has 1 atom stereocenters. The van der Waals surface area contributed by atoms with Gasteiger partial charge < -0.3 is 4.57 Å². The van der Waals surface area contributed by atoms with Crippen LogP contribution in [0.1, 0.15) is 24.6 Å². The molecule has 2 aromatic rings. The number of aromatic nitrogens is 4. The second-order valence-electron chi connectivity index (χ2n) is 5.75. The van der Waals surface area contributed by atoms with Crippen molar-refractivity contribution in [3.05, 3.63) is 30.5 Å². The summed E-state index contributed by atoms with van der Waals surface area (Å²) in [6.45, 7) is 0.499. The quantitative estimate of drug-likeness (QED) is 0.825. The standard InChI is InChI=1S/C14H20N6O2S/c1-18(2)23(21,22)20-7-4-5-13(20)11-9-15-10-12(17-11)14-16-6-8-19(14)3/h6,8-10,13H,4-5,7H2,1-3H3/t13-/m1/s1. The van der Waals surface area contributed by atoms with Gasteiger partial charge in [-0.3, -0.25) is 4.98 Å². The van der Waals surface area contributed by atoms with Gasteiger partial charge in [0.1, 0.15) is 5.69 Å². The van der Waals surface area contributed by atoms with Gasteiger partial charge in [0.2, 0.25) is 0 Å². The Bertz CT molecular complexity index is 801. The van der Waals surface area contributed by atoms with Crippen molar-refractivity contribution in [2.24, 2.45) is 7.05 Å². The molecule has 1 aliphatic rings. The molecule has 124 valence electrons. The third kappa shape index (κ3) is 2.87. The molecule has 3 rings (SSSR count). The fraction of sp³-hybridized carbons (Fsp3) is 0.500. The zero-order chi connectivity index (χ0) is 16.6. The number of aryl methyl sites for hydroxylation is 1. The minimum atomic E-state index is -3.47. The SMILES string of the molecule is CN(C)S(=O)(=O)N1CCC[C@@H]1c1cncc(-c2nccn2C)n1. The fourth-order valence-electron chi connectivity index (χ4n) is 2.78. The summed E-state index contributed by atoms with van der Waals surface area (Å²) >= 11 is 0. The maximum Gasteiger partial charge on any atom is 0.282 e. The smallest absolute Gasteiger partial charge is 0.282 e. The first-order valence-electron chi connectivity index (χ1n) is 7.40. The van der Waals surface area contributed by atoms with E-state index < -0.39 is 10.2 Å². The Morgan fingerprint density at radius 2 is 2.09 bits per heavy atom. The van der Waals surface area contributed by atoms with Crippen LogP contribution in [0.25, 0.3) is 11.5 Å². The summed E-state index contributed by atoms with van der Waals surface area (Å²) in [4.78, 5) is 13.1. The number of hydrogen-bond acceptors (Lipinski definition) is 5. The van der Waals surface area contributed by atoms with Gasteiger partial charge in [-0.25, -0.2) is 9.97 Å². The van der Waals surface area contributed by atoms with E-state index in [2.05, 4.69) is 15.0 Å². The van der Waals surface area contributed by atoms with E-state index in [1.165, 1.54) is 8.61 Å². The van der Waals surface area contributed by atoms with E-state index >= 15 is 0 Å². The van der Waals surface area contributed by atoms with Gasteiger partial charge in [0.25, 0.3) is 10.2 Å². The van der Waals surface area contributed by atoms with Gasteiger partial charge in [-0.1, -0.05) is 0 Å². The van der Waals surface area contributed by atoms with Crippen LogP contribution >= 0.6 is 0 Å². The monoisotopic (exact) mass is 336 g/mol. The molecule has 0 saturated carbocycles. The van der Waals surface area contributed by atoms with Crippen LogP contribution in [0.4, 0.5) is 0 Å². The lowest BCUT2D eigenvalue weighted by Crippen LogP contribution is -2.39. The van der Waals surface area contributed by atoms with Crippen LogP contribution in [0.15, 0.2) is 24.8 Å². The topological polar surface area (TPSA) is 84.2 Å². The van der Waals surface area contributed by atoms with Gasteiger partial charge in [-0.15, -0.1) is 0 Å². The van der Waals surface area contributed by atoms with Crippen LogP contribution in [0.2, 0.25) is 0 Å². The third-order valence-electron chi connectivity index (χ3n) is 4.01. The van der Waals surface area contributed by atoms with Crippen molar-refractivity contribution in [1.29, 1.82) is 0 Å². The first-order chi connectivity index (χ1) is 10.9. The molecule has 0 radical (unpaired) electrons. The molecular formula is C14H20N6O2S. The van der Waals surface area contributed by atoms with Crippen molar-refractivity contribution in [2.75, 3.05) is 20.6 Å². The summed E-state index contributed by atoms with van der Waals surface area (Å²) in [6, 6.07) is -0.282. The van der Waals surface area contributed by atoms with Gasteiger partial charge >= 0.3 is 0 Å². The second kappa shape index (κ2) is 5.99. The number of rotatable bonds is 4. The minimum absolute atomic E-state index is 0.282. The predicted molar refractivity (Wildman–Crippen MR) is 85.5 cm³/mol. The Kier molecular flexibility index (Phi) is 4.17. The van der Waals surface area contributed by atoms with E-state index in [0.717, 1.165) is 12.8 Å². The highest BCUT2D eigenvalue weighted by Gasteiger charge is 2.37. The zero-order valence-electron chi connectivity index (χ0n) is 13.4. The molecule has 3 heterocycles. The van der Waals surface area contributed by atoms with Gasteiger partial charge in [0, 0.05) is 40.1 Å². The van der Waals surface area contributed by atoms with Crippen LogP contribution < -0.4 is 0 Å². The maximum atomic E-state index is 12.5. The molecule has 1 fully saturated rings. The van der Waals surface area contributed by atoms with Crippen LogP contribution in [0, 0.1) is 0 Å². The summed E-state index contributed by atoms with van der Waals surface area (Å²) in [5.74, 6) is 0.708. The molecule has 0 N–H and O–H groups in total. The van der Waals surface area contributed by atoms with Gasteiger partial charge in [-0.05, 0) is 12.8 Å². The fourth-order valence-corrected chi connectivity index (χ4v) is 4.10. The summed E-state index contributed by atoms with van der Waals surface area (Å²) in [6.07, 6.45) is 8.37. The van der Waals surface area contributed by atoms with Crippen LogP contribution in [-0.2, 0) is 17.3 Å². The van der Waals surface area contributed by atoms with Crippen LogP contribution in [-0.4, -0.2) is 57.2 Å². The van der Waals surface area contributed by atoms with Gasteiger partial charge in [-0.2, -0.15) is 17.0 Å². The second-order valence-corrected chi connectivity index (χ2v) is 7.84. The van der Waals surface area contributed by atoms with E-state index in [4.69, 9.17) is 0 Å². The molecule has 0 bridgehead atoms. The lowest BCUT2D eigenvalue weighted by molar-refractivity contribution is 0.357. The number of imidazole rings is 1. The van der Waals surface area contributed by atoms with E-state index in [9.17, 15) is 8.42 Å². The number of hydrogen-bond donors (Lipinski definition) is 0. The zero-order valence-corrected chi connectivity index (χ0v) is 14.2. The van der Waals surface area contributed by atoms with Gasteiger partial charge in [0.15, 0.2) is 5.82 Å². The average Bonchev–Trinajstić information content (AvgIpc) is 3.16. The molecule has 2 aromatic heterocycles. The third-order valence-corrected chi connectivity index (χ3v) is 5.96. The highest BCUT2D eigenvalue weighted by atomic mass is 32.2. The molecular weight excluding hydrogens is 316 g/mol. The van der Waals surface area contributed by atoms with Crippen molar-refractivity contribution in [2.45, 2.75) is 18.9 Å². The molecule has 23 heavy (non-hydrogen) atoms. The first kappa shape index (κ1) is 16.0. The molecule has 9 heteroatoms. The Morgan fingerprint density at radius 1 is 1.30 bits per heavy atom. The average molecular weight is 336 g/mol. The highest BCUT2D eigenvalue weighted by Crippen LogP contribution is 2.34. The van der Waals surface area contributed by atoms with Crippen LogP contribution in [0.5, 0.6) is 0 Å². The van der Waals surface area contributed by atoms with Crippen molar-refractivity contribution in [3.63, 3.8) is 0 Å². The van der Waals surface area contributed by atoms with E-state index in [1.54, 1.807) is 32.7 Å². The van der Waals surface area contributed by atoms with E-state index in [1.807, 2.05) is 17.8 Å². The Hall–Kier alpha value is -1.84. The van der Waals surface area contributed by atoms with Crippen molar-refractivity contribution in [3.8, 4) is 11.5 Å². The van der Waals surface area contributed by atoms with E-state index in [0.29, 0.717) is 23.8 Å². The summed E-state index contributed by atoms with van der Waals surface area (Å²) in [5.41, 5.74) is 1.30. The molecule has 0 amide bonds. The molecule has 0 unspecified atom stereocenters.